The topological polar surface area (TPSA) is 53.2 Å². The van der Waals surface area contributed by atoms with Crippen molar-refractivity contribution in [1.29, 1.82) is 0 Å². The molecule has 4 nitrogen and oxygen atoms in total. The summed E-state index contributed by atoms with van der Waals surface area (Å²) in [6.45, 7) is 0.553. The van der Waals surface area contributed by atoms with Crippen molar-refractivity contribution in [3.05, 3.63) is 29.8 Å². The average molecular weight is 236 g/mol. The van der Waals surface area contributed by atoms with Gasteiger partial charge in [-0.25, -0.2) is 8.42 Å². The van der Waals surface area contributed by atoms with E-state index in [4.69, 9.17) is 0 Å². The molecular formula is C11H12N2O2S. The second-order valence-electron chi connectivity index (χ2n) is 4.05. The highest BCUT2D eigenvalue weighted by molar-refractivity contribution is 7.89. The summed E-state index contributed by atoms with van der Waals surface area (Å²) < 4.78 is 25.5. The number of aromatic amines is 1. The number of nitrogens with one attached hydrogen (secondary N) is 1. The number of benzene rings is 1. The van der Waals surface area contributed by atoms with Crippen LogP contribution in [0.4, 0.5) is 0 Å². The van der Waals surface area contributed by atoms with Crippen LogP contribution in [0.25, 0.3) is 10.9 Å². The Morgan fingerprint density at radius 1 is 1.31 bits per heavy atom. The lowest BCUT2D eigenvalue weighted by atomic mass is 10.1. The van der Waals surface area contributed by atoms with Gasteiger partial charge < -0.3 is 4.98 Å². The molecule has 84 valence electrons. The first-order chi connectivity index (χ1) is 7.60. The molecule has 0 saturated carbocycles. The lowest BCUT2D eigenvalue weighted by Crippen LogP contribution is -2.33. The Kier molecular flexibility index (Phi) is 1.90. The van der Waals surface area contributed by atoms with Gasteiger partial charge in [0.05, 0.1) is 0 Å². The van der Waals surface area contributed by atoms with Gasteiger partial charge in [0, 0.05) is 24.5 Å². The normalized spacial score (nSPS) is 19.8. The number of H-pyrrole nitrogens is 1. The van der Waals surface area contributed by atoms with E-state index < -0.39 is 10.0 Å². The third-order valence-electron chi connectivity index (χ3n) is 3.12. The quantitative estimate of drug-likeness (QED) is 0.750. The van der Waals surface area contributed by atoms with Crippen LogP contribution in [0.5, 0.6) is 0 Å². The summed E-state index contributed by atoms with van der Waals surface area (Å²) in [5.41, 5.74) is 1.82. The van der Waals surface area contributed by atoms with Crippen LogP contribution in [-0.2, 0) is 16.4 Å². The van der Waals surface area contributed by atoms with Crippen molar-refractivity contribution < 1.29 is 8.42 Å². The van der Waals surface area contributed by atoms with Crippen LogP contribution in [-0.4, -0.2) is 31.3 Å². The number of nitrogens with zero attached hydrogens (tertiary/aromatic N) is 1. The fraction of sp³-hybridized carbons (Fsp3) is 0.273. The summed E-state index contributed by atoms with van der Waals surface area (Å²) in [5.74, 6) is 0. The van der Waals surface area contributed by atoms with E-state index in [0.717, 1.165) is 22.9 Å². The molecule has 0 aliphatic carbocycles. The molecule has 5 heteroatoms. The third-order valence-corrected chi connectivity index (χ3v) is 4.99. The minimum absolute atomic E-state index is 0.363. The second-order valence-corrected chi connectivity index (χ2v) is 6.04. The summed E-state index contributed by atoms with van der Waals surface area (Å²) in [6, 6.07) is 7.71. The lowest BCUT2D eigenvalue weighted by molar-refractivity contribution is 0.455. The van der Waals surface area contributed by atoms with Gasteiger partial charge in [0.1, 0.15) is 0 Å². The van der Waals surface area contributed by atoms with Crippen LogP contribution < -0.4 is 0 Å². The fourth-order valence-electron chi connectivity index (χ4n) is 2.19. The molecule has 0 fully saturated rings. The summed E-state index contributed by atoms with van der Waals surface area (Å²) >= 11 is 0. The van der Waals surface area contributed by atoms with Gasteiger partial charge in [-0.05, 0) is 18.1 Å². The van der Waals surface area contributed by atoms with Gasteiger partial charge in [0.15, 0.2) is 5.03 Å². The molecule has 0 bridgehead atoms. The monoisotopic (exact) mass is 236 g/mol. The SMILES string of the molecule is CN1CCc2c([nH]c3ccccc23)S1(=O)=O. The van der Waals surface area contributed by atoms with E-state index in [1.807, 2.05) is 24.3 Å². The number of rotatable bonds is 0. The Bertz CT molecular complexity index is 658. The highest BCUT2D eigenvalue weighted by Crippen LogP contribution is 2.31. The molecule has 1 aliphatic heterocycles. The molecule has 1 aromatic heterocycles. The van der Waals surface area contributed by atoms with Crippen molar-refractivity contribution in [2.24, 2.45) is 0 Å². The van der Waals surface area contributed by atoms with Gasteiger partial charge >= 0.3 is 0 Å². The van der Waals surface area contributed by atoms with Gasteiger partial charge in [0.2, 0.25) is 0 Å². The van der Waals surface area contributed by atoms with E-state index in [1.165, 1.54) is 4.31 Å². The van der Waals surface area contributed by atoms with Crippen LogP contribution >= 0.6 is 0 Å². The smallest absolute Gasteiger partial charge is 0.258 e. The van der Waals surface area contributed by atoms with Gasteiger partial charge in [0.25, 0.3) is 10.0 Å². The van der Waals surface area contributed by atoms with Crippen LogP contribution in [0.3, 0.4) is 0 Å². The molecular weight excluding hydrogens is 224 g/mol. The summed E-state index contributed by atoms with van der Waals surface area (Å²) in [4.78, 5) is 3.01. The Labute approximate surface area is 93.9 Å². The molecule has 0 spiro atoms. The summed E-state index contributed by atoms with van der Waals surface area (Å²) in [7, 11) is -1.69. The Morgan fingerprint density at radius 2 is 2.06 bits per heavy atom. The maximum Gasteiger partial charge on any atom is 0.258 e. The van der Waals surface area contributed by atoms with Crippen LogP contribution in [0.2, 0.25) is 0 Å². The molecule has 2 aromatic rings. The van der Waals surface area contributed by atoms with Crippen molar-refractivity contribution in [3.63, 3.8) is 0 Å². The number of sulfonamides is 1. The minimum atomic E-state index is -3.30. The standard InChI is InChI=1S/C11H12N2O2S/c1-13-7-6-9-8-4-2-3-5-10(8)12-11(9)16(13,14)15/h2-5,12H,6-7H2,1H3. The highest BCUT2D eigenvalue weighted by atomic mass is 32.2. The number of para-hydroxylation sites is 1. The molecule has 0 amide bonds. The molecule has 1 N–H and O–H groups in total. The van der Waals surface area contributed by atoms with Gasteiger partial charge in [-0.2, -0.15) is 4.31 Å². The third kappa shape index (κ3) is 1.15. The van der Waals surface area contributed by atoms with Crippen molar-refractivity contribution in [3.8, 4) is 0 Å². The van der Waals surface area contributed by atoms with Crippen molar-refractivity contribution in [2.45, 2.75) is 11.4 Å². The van der Waals surface area contributed by atoms with Crippen LogP contribution in [0, 0.1) is 0 Å². The van der Waals surface area contributed by atoms with E-state index in [-0.39, 0.29) is 0 Å². The predicted molar refractivity (Wildman–Crippen MR) is 61.8 cm³/mol. The first-order valence-corrected chi connectivity index (χ1v) is 6.60. The van der Waals surface area contributed by atoms with E-state index >= 15 is 0 Å². The first-order valence-electron chi connectivity index (χ1n) is 5.16. The number of aromatic nitrogens is 1. The van der Waals surface area contributed by atoms with Crippen LogP contribution in [0.15, 0.2) is 29.3 Å². The maximum atomic E-state index is 12.1. The molecule has 0 atom stereocenters. The zero-order chi connectivity index (χ0) is 11.3. The number of hydrogen-bond acceptors (Lipinski definition) is 2. The maximum absolute atomic E-state index is 12.1. The van der Waals surface area contributed by atoms with Crippen molar-refractivity contribution in [1.82, 2.24) is 9.29 Å². The molecule has 0 radical (unpaired) electrons. The molecule has 0 saturated heterocycles. The Hall–Kier alpha value is -1.33. The summed E-state index contributed by atoms with van der Waals surface area (Å²) in [6.07, 6.45) is 0.773. The van der Waals surface area contributed by atoms with E-state index in [9.17, 15) is 8.42 Å². The first kappa shape index (κ1) is 9.86. The average Bonchev–Trinajstić information content (AvgIpc) is 2.64. The zero-order valence-electron chi connectivity index (χ0n) is 8.90. The second kappa shape index (κ2) is 3.09. The van der Waals surface area contributed by atoms with Gasteiger partial charge in [-0.1, -0.05) is 18.2 Å². The van der Waals surface area contributed by atoms with Gasteiger partial charge in [-0.3, -0.25) is 0 Å². The molecule has 1 aliphatic rings. The molecule has 0 unspecified atom stereocenters. The minimum Gasteiger partial charge on any atom is -0.344 e. The number of hydrogen-bond donors (Lipinski definition) is 1. The molecule has 3 rings (SSSR count). The molecule has 16 heavy (non-hydrogen) atoms. The largest absolute Gasteiger partial charge is 0.344 e. The Balaban J connectivity index is 2.40. The number of likely N-dealkylation sites (N-methyl/N-ethyl adjacent to an activating group) is 1. The summed E-state index contributed by atoms with van der Waals surface area (Å²) in [5, 5.41) is 1.39. The van der Waals surface area contributed by atoms with E-state index in [2.05, 4.69) is 4.98 Å². The van der Waals surface area contributed by atoms with Crippen molar-refractivity contribution >= 4 is 20.9 Å². The predicted octanol–water partition coefficient (Wildman–Crippen LogP) is 1.34. The van der Waals surface area contributed by atoms with Gasteiger partial charge in [-0.15, -0.1) is 0 Å². The lowest BCUT2D eigenvalue weighted by Gasteiger charge is -2.22. The Morgan fingerprint density at radius 3 is 2.88 bits per heavy atom. The zero-order valence-corrected chi connectivity index (χ0v) is 9.71. The highest BCUT2D eigenvalue weighted by Gasteiger charge is 2.31. The van der Waals surface area contributed by atoms with E-state index in [1.54, 1.807) is 7.05 Å². The number of fused-ring (bicyclic) bond motifs is 3. The van der Waals surface area contributed by atoms with Crippen molar-refractivity contribution in [2.75, 3.05) is 13.6 Å². The molecule has 1 aromatic carbocycles. The van der Waals surface area contributed by atoms with E-state index in [0.29, 0.717) is 11.6 Å². The fourth-order valence-corrected chi connectivity index (χ4v) is 3.59. The van der Waals surface area contributed by atoms with Crippen LogP contribution in [0.1, 0.15) is 5.56 Å². The molecule has 2 heterocycles.